The summed E-state index contributed by atoms with van der Waals surface area (Å²) in [6, 6.07) is 0. The molecule has 6 fully saturated rings. The number of carbonyl (C=O) groups is 13. The highest BCUT2D eigenvalue weighted by molar-refractivity contribution is 5.85. The molecule has 7 aliphatic rings. The van der Waals surface area contributed by atoms with Gasteiger partial charge in [0.1, 0.15) is 39.4 Å². The van der Waals surface area contributed by atoms with Gasteiger partial charge in [0, 0.05) is 104 Å². The Morgan fingerprint density at radius 2 is 0.644 bits per heavy atom. The molecule has 0 saturated carbocycles. The molecule has 0 radical (unpaired) electrons. The lowest BCUT2D eigenvalue weighted by Crippen LogP contribution is -2.57. The first-order valence-electron chi connectivity index (χ1n) is 46.9. The van der Waals surface area contributed by atoms with Gasteiger partial charge in [-0.1, -0.05) is 25.5 Å². The summed E-state index contributed by atoms with van der Waals surface area (Å²) in [7, 11) is 3.11. The standard InChI is InChI=1S/C16H30N2O4.C16H29NO5.C16H29NO4.C16H27NO4.C14H25NO4.C10H17NO3.C9H17NO2.ClH/c1-15(2,3)22-14(20)18-10-8-12(9-11-18)16(4,5)13(19)17(6)21-7;1-7-21-12(18)15(5,6)16(20)8-10-17(11-9-16)13(19)22-14(2,3)4;2*1-7-20-13(18)16(5,6)12-8-10-17(11-9-12)14(19)21-15(2,3)4;1-13(2,3)19-12(18)15-8-6-10(7-9-15)14(4,5)11(16)17;1-10(2,3)14-9(13)11-6-4-8(12)5-7-11;1-9(2,8(11)12)7-3-5-10-6-4-7;/h12H,8-11H2,1-7H3;20H,7-11H2,1-6H3;12H,7-11H2,1-6H3;8H,7,9-11H2,1-6H3;10H,6-9H2,1-5H3,(H,16,17);4-7H2,1-3H3;7,10H,3-6H2,1-2H3,(H,11,12);1H. The Balaban J connectivity index is 0.00000153. The summed E-state index contributed by atoms with van der Waals surface area (Å²) in [6.45, 7) is 69.8. The van der Waals surface area contributed by atoms with Gasteiger partial charge in [0.25, 0.3) is 5.91 Å². The number of nitrogens with zero attached hydrogens (tertiary/aromatic N) is 7. The van der Waals surface area contributed by atoms with Crippen molar-refractivity contribution >= 4 is 90.5 Å². The Hall–Kier alpha value is -7.98. The number of amides is 7. The molecule has 35 heteroatoms. The third-order valence-corrected chi connectivity index (χ3v) is 24.5. The second-order valence-electron chi connectivity index (χ2n) is 44.1. The van der Waals surface area contributed by atoms with E-state index in [9.17, 15) is 72.5 Å². The maximum absolute atomic E-state index is 12.4. The highest BCUT2D eigenvalue weighted by Gasteiger charge is 2.53. The molecular weight excluding hydrogens is 1730 g/mol. The third-order valence-electron chi connectivity index (χ3n) is 24.5. The number of piperidine rings is 6. The molecule has 0 atom stereocenters. The van der Waals surface area contributed by atoms with Gasteiger partial charge in [-0.2, -0.15) is 0 Å². The number of ether oxygens (including phenoxy) is 9. The monoisotopic (exact) mass is 1900 g/mol. The number of hydrogen-bond donors (Lipinski definition) is 4. The number of rotatable bonds is 16. The van der Waals surface area contributed by atoms with Crippen molar-refractivity contribution in [3.05, 3.63) is 11.6 Å². The molecule has 766 valence electrons. The van der Waals surface area contributed by atoms with Crippen molar-refractivity contribution in [1.82, 2.24) is 39.8 Å². The average Bonchev–Trinajstić information content (AvgIpc) is 0.769. The van der Waals surface area contributed by atoms with E-state index in [1.54, 1.807) is 78.0 Å². The lowest BCUT2D eigenvalue weighted by atomic mass is 9.69. The van der Waals surface area contributed by atoms with Crippen molar-refractivity contribution in [1.29, 1.82) is 0 Å². The topological polar surface area (TPSA) is 410 Å². The molecule has 4 N–H and O–H groups in total. The lowest BCUT2D eigenvalue weighted by Gasteiger charge is -2.46. The Morgan fingerprint density at radius 1 is 0.379 bits per heavy atom. The summed E-state index contributed by atoms with van der Waals surface area (Å²) >= 11 is 0. The van der Waals surface area contributed by atoms with Gasteiger partial charge in [-0.3, -0.25) is 38.4 Å². The predicted octanol–water partition coefficient (Wildman–Crippen LogP) is 17.2. The molecule has 132 heavy (non-hydrogen) atoms. The number of carbonyl (C=O) groups excluding carboxylic acids is 11. The molecular formula is C97H175ClN8O26. The molecule has 7 amide bonds. The number of carboxylic acids is 2. The van der Waals surface area contributed by atoms with Gasteiger partial charge in [-0.25, -0.2) is 33.8 Å². The van der Waals surface area contributed by atoms with Gasteiger partial charge in [-0.15, -0.1) is 12.4 Å². The largest absolute Gasteiger partial charge is 0.481 e. The maximum atomic E-state index is 12.4. The minimum absolute atomic E-state index is 0. The molecule has 7 rings (SSSR count). The molecule has 6 saturated heterocycles. The van der Waals surface area contributed by atoms with E-state index in [-0.39, 0.29) is 97.0 Å². The van der Waals surface area contributed by atoms with Crippen molar-refractivity contribution in [2.45, 2.75) is 351 Å². The number of likely N-dealkylation sites (tertiary alicyclic amines) is 5. The fraction of sp³-hybridized carbons (Fsp3) is 0.845. The van der Waals surface area contributed by atoms with Crippen molar-refractivity contribution in [2.75, 3.05) is 126 Å². The molecule has 0 aromatic heterocycles. The zero-order valence-corrected chi connectivity index (χ0v) is 88.2. The van der Waals surface area contributed by atoms with Gasteiger partial charge in [0.2, 0.25) is 0 Å². The first-order chi connectivity index (χ1) is 59.5. The fourth-order valence-electron chi connectivity index (χ4n) is 15.3. The van der Waals surface area contributed by atoms with E-state index in [2.05, 4.69) is 5.32 Å². The van der Waals surface area contributed by atoms with Gasteiger partial charge in [0.05, 0.1) is 59.6 Å². The number of ketones is 1. The molecule has 0 bridgehead atoms. The van der Waals surface area contributed by atoms with E-state index in [1.165, 1.54) is 12.2 Å². The predicted molar refractivity (Wildman–Crippen MR) is 507 cm³/mol. The second kappa shape index (κ2) is 52.4. The Bertz CT molecular complexity index is 3710. The quantitative estimate of drug-likeness (QED) is 0.0482. The molecule has 7 aliphatic heterocycles. The molecule has 0 aromatic rings. The zero-order chi connectivity index (χ0) is 102. The van der Waals surface area contributed by atoms with Crippen LogP contribution >= 0.6 is 12.4 Å². The van der Waals surface area contributed by atoms with Crippen LogP contribution in [0.2, 0.25) is 0 Å². The highest BCUT2D eigenvalue weighted by atomic mass is 35.5. The maximum Gasteiger partial charge on any atom is 0.410 e. The molecule has 0 aromatic carbocycles. The minimum Gasteiger partial charge on any atom is -0.481 e. The van der Waals surface area contributed by atoms with E-state index in [4.69, 9.17) is 52.6 Å². The first-order valence-corrected chi connectivity index (χ1v) is 46.9. The van der Waals surface area contributed by atoms with Crippen molar-refractivity contribution < 1.29 is 125 Å². The van der Waals surface area contributed by atoms with Crippen molar-refractivity contribution in [3.63, 3.8) is 0 Å². The second-order valence-corrected chi connectivity index (χ2v) is 44.1. The van der Waals surface area contributed by atoms with Gasteiger partial charge < -0.3 is 92.7 Å². The number of aliphatic carboxylic acids is 2. The van der Waals surface area contributed by atoms with E-state index < -0.39 is 89.6 Å². The first kappa shape index (κ1) is 124. The summed E-state index contributed by atoms with van der Waals surface area (Å²) in [6.07, 6.45) is 8.83. The Morgan fingerprint density at radius 3 is 0.932 bits per heavy atom. The van der Waals surface area contributed by atoms with Crippen LogP contribution in [0.15, 0.2) is 11.6 Å². The molecule has 0 unspecified atom stereocenters. The van der Waals surface area contributed by atoms with Crippen LogP contribution in [0.3, 0.4) is 0 Å². The molecule has 0 aliphatic carbocycles. The van der Waals surface area contributed by atoms with Crippen LogP contribution in [0.5, 0.6) is 0 Å². The number of carboxylic acid groups (broad SMARTS) is 2. The zero-order valence-electron chi connectivity index (χ0n) is 87.4. The number of halogens is 1. The number of nitrogens with one attached hydrogen (secondary N) is 1. The molecule has 0 spiro atoms. The van der Waals surface area contributed by atoms with Crippen LogP contribution in [0.4, 0.5) is 28.8 Å². The van der Waals surface area contributed by atoms with Crippen molar-refractivity contribution in [3.8, 4) is 0 Å². The third kappa shape index (κ3) is 42.1. The number of Topliss-reactive ketones (excluding diaryl/α,β-unsaturated/α-hetero) is 1. The number of esters is 3. The molecule has 34 nitrogen and oxygen atoms in total. The summed E-state index contributed by atoms with van der Waals surface area (Å²) < 4.78 is 47.3. The number of aliphatic hydroxyl groups is 1. The van der Waals surface area contributed by atoms with Gasteiger partial charge in [0.15, 0.2) is 0 Å². The normalized spacial score (nSPS) is 17.8. The van der Waals surface area contributed by atoms with Crippen LogP contribution in [-0.4, -0.2) is 293 Å². The fourth-order valence-corrected chi connectivity index (χ4v) is 15.3. The summed E-state index contributed by atoms with van der Waals surface area (Å²) in [5.41, 5.74) is -7.07. The van der Waals surface area contributed by atoms with Crippen LogP contribution in [0.1, 0.15) is 312 Å². The minimum atomic E-state index is -1.18. The average molecular weight is 1900 g/mol. The number of hydroxylamine groups is 2. The van der Waals surface area contributed by atoms with E-state index in [0.717, 1.165) is 57.2 Å². The summed E-state index contributed by atoms with van der Waals surface area (Å²) in [5.74, 6) is -1.16. The van der Waals surface area contributed by atoms with Crippen LogP contribution in [0.25, 0.3) is 0 Å². The van der Waals surface area contributed by atoms with E-state index >= 15 is 0 Å². The Labute approximate surface area is 796 Å². The Kier molecular flexibility index (Phi) is 49.2. The number of hydrogen-bond acceptors (Lipinski definition) is 25. The van der Waals surface area contributed by atoms with Crippen LogP contribution in [0, 0.1) is 56.2 Å². The lowest BCUT2D eigenvalue weighted by molar-refractivity contribution is -0.182. The highest BCUT2D eigenvalue weighted by Crippen LogP contribution is 2.43. The van der Waals surface area contributed by atoms with E-state index in [1.807, 2.05) is 193 Å². The van der Waals surface area contributed by atoms with Gasteiger partial charge in [-0.05, 0) is 322 Å². The van der Waals surface area contributed by atoms with Gasteiger partial charge >= 0.3 is 66.4 Å². The van der Waals surface area contributed by atoms with Crippen LogP contribution in [-0.2, 0) is 81.0 Å². The van der Waals surface area contributed by atoms with Crippen LogP contribution < -0.4 is 5.32 Å². The summed E-state index contributed by atoms with van der Waals surface area (Å²) in [5, 5.41) is 33.5. The summed E-state index contributed by atoms with van der Waals surface area (Å²) in [4.78, 5) is 168. The SMILES string of the molecule is CC(C)(C(=O)O)C1CCNCC1.CC(C)(C)OC(=O)N1CCC(=O)CC1.CC(C)(C)OC(=O)N1CCC(C(C)(C)C(=O)O)CC1.CCOC(=O)C(C)(C)C1(O)CCN(C(=O)OC(C)(C)C)CC1.CCOC(=O)C(C)(C)C1=CCN(C(=O)OC(C)(C)C)CC1.CCOC(=O)C(C)(C)C1CCN(C(=O)OC(C)(C)C)CC1.CON(C)C(=O)C(C)(C)C1CCN(C(=O)OC(C)(C)C)CC1.Cl. The molecule has 7 heterocycles. The smallest absolute Gasteiger partial charge is 0.410 e. The van der Waals surface area contributed by atoms with Crippen molar-refractivity contribution in [2.24, 2.45) is 56.2 Å². The van der Waals surface area contributed by atoms with E-state index in [0.29, 0.717) is 143 Å².